The van der Waals surface area contributed by atoms with E-state index in [1.54, 1.807) is 6.07 Å². The number of benzene rings is 1. The summed E-state index contributed by atoms with van der Waals surface area (Å²) >= 11 is 0. The lowest BCUT2D eigenvalue weighted by molar-refractivity contribution is 0.129. The molecule has 0 aliphatic carbocycles. The number of halogens is 1. The molecule has 0 N–H and O–H groups in total. The third-order valence-corrected chi connectivity index (χ3v) is 1.55. The molecule has 1 aromatic carbocycles. The molecule has 1 rings (SSSR count). The predicted molar refractivity (Wildman–Crippen MR) is 51.5 cm³/mol. The number of rotatable bonds is 1. The van der Waals surface area contributed by atoms with E-state index in [4.69, 9.17) is 4.74 Å². The van der Waals surface area contributed by atoms with Gasteiger partial charge in [0, 0.05) is 0 Å². The maximum atomic E-state index is 12.7. The van der Waals surface area contributed by atoms with Crippen molar-refractivity contribution in [2.75, 3.05) is 0 Å². The lowest BCUT2D eigenvalue weighted by Crippen LogP contribution is -2.23. The molecule has 13 heavy (non-hydrogen) atoms. The third kappa shape index (κ3) is 3.05. The fourth-order valence-electron chi connectivity index (χ4n) is 1.06. The summed E-state index contributed by atoms with van der Waals surface area (Å²) in [4.78, 5) is 0. The number of aryl methyl sites for hydroxylation is 1. The van der Waals surface area contributed by atoms with Crippen molar-refractivity contribution in [1.82, 2.24) is 0 Å². The van der Waals surface area contributed by atoms with Crippen LogP contribution in [-0.4, -0.2) is 5.60 Å². The van der Waals surface area contributed by atoms with Gasteiger partial charge in [0.05, 0.1) is 0 Å². The van der Waals surface area contributed by atoms with Crippen molar-refractivity contribution in [2.24, 2.45) is 0 Å². The molecule has 0 radical (unpaired) electrons. The second kappa shape index (κ2) is 3.36. The van der Waals surface area contributed by atoms with Crippen molar-refractivity contribution >= 4 is 0 Å². The van der Waals surface area contributed by atoms with Crippen LogP contribution in [0.25, 0.3) is 0 Å². The Balaban J connectivity index is 2.90. The minimum atomic E-state index is -0.234. The lowest BCUT2D eigenvalue weighted by atomic mass is 10.1. The molecular weight excluding hydrogens is 167 g/mol. The van der Waals surface area contributed by atoms with Crippen molar-refractivity contribution < 1.29 is 9.13 Å². The molecule has 0 aliphatic rings. The van der Waals surface area contributed by atoms with Crippen molar-refractivity contribution in [2.45, 2.75) is 33.3 Å². The largest absolute Gasteiger partial charge is 0.488 e. The van der Waals surface area contributed by atoms with E-state index in [0.717, 1.165) is 11.3 Å². The molecule has 0 spiro atoms. The van der Waals surface area contributed by atoms with Crippen LogP contribution in [0.15, 0.2) is 18.2 Å². The molecule has 0 heterocycles. The van der Waals surface area contributed by atoms with Gasteiger partial charge in [-0.1, -0.05) is 0 Å². The van der Waals surface area contributed by atoms with Gasteiger partial charge in [-0.3, -0.25) is 0 Å². The highest BCUT2D eigenvalue weighted by Crippen LogP contribution is 2.22. The van der Waals surface area contributed by atoms with Gasteiger partial charge < -0.3 is 4.74 Å². The molecular formula is C11H15FO. The maximum absolute atomic E-state index is 12.7. The summed E-state index contributed by atoms with van der Waals surface area (Å²) in [5, 5.41) is 0. The van der Waals surface area contributed by atoms with Crippen LogP contribution in [0.3, 0.4) is 0 Å². The van der Waals surface area contributed by atoms with Crippen LogP contribution in [0.1, 0.15) is 26.3 Å². The number of hydrogen-bond donors (Lipinski definition) is 0. The molecule has 0 aliphatic heterocycles. The monoisotopic (exact) mass is 182 g/mol. The van der Waals surface area contributed by atoms with E-state index in [9.17, 15) is 4.39 Å². The van der Waals surface area contributed by atoms with E-state index < -0.39 is 0 Å². The standard InChI is InChI=1S/C11H15FO/c1-8-7-9(12)5-6-10(8)13-11(2,3)4/h5-7H,1-4H3. The molecule has 1 nitrogen and oxygen atoms in total. The molecule has 0 saturated heterocycles. The summed E-state index contributed by atoms with van der Waals surface area (Å²) < 4.78 is 18.3. The SMILES string of the molecule is Cc1cc(F)ccc1OC(C)(C)C. The van der Waals surface area contributed by atoms with Crippen molar-refractivity contribution in [3.05, 3.63) is 29.6 Å². The van der Waals surface area contributed by atoms with Gasteiger partial charge in [0.25, 0.3) is 0 Å². The predicted octanol–water partition coefficient (Wildman–Crippen LogP) is 3.31. The van der Waals surface area contributed by atoms with Crippen molar-refractivity contribution in [1.29, 1.82) is 0 Å². The Bertz CT molecular complexity index is 299. The van der Waals surface area contributed by atoms with Crippen LogP contribution >= 0.6 is 0 Å². The molecule has 0 unspecified atom stereocenters. The third-order valence-electron chi connectivity index (χ3n) is 1.55. The summed E-state index contributed by atoms with van der Waals surface area (Å²) in [5.41, 5.74) is 0.595. The van der Waals surface area contributed by atoms with E-state index in [1.165, 1.54) is 12.1 Å². The van der Waals surface area contributed by atoms with Gasteiger partial charge in [-0.15, -0.1) is 0 Å². The first-order chi connectivity index (χ1) is 5.88. The fourth-order valence-corrected chi connectivity index (χ4v) is 1.06. The van der Waals surface area contributed by atoms with Crippen molar-refractivity contribution in [3.8, 4) is 5.75 Å². The average Bonchev–Trinajstić information content (AvgIpc) is 1.93. The number of hydrogen-bond acceptors (Lipinski definition) is 1. The van der Waals surface area contributed by atoms with E-state index in [2.05, 4.69) is 0 Å². The number of ether oxygens (including phenoxy) is 1. The summed E-state index contributed by atoms with van der Waals surface area (Å²) in [7, 11) is 0. The van der Waals surface area contributed by atoms with Gasteiger partial charge in [0.2, 0.25) is 0 Å². The first kappa shape index (κ1) is 10.0. The maximum Gasteiger partial charge on any atom is 0.123 e. The second-order valence-electron chi connectivity index (χ2n) is 4.12. The molecule has 0 aromatic heterocycles. The summed E-state index contributed by atoms with van der Waals surface area (Å²) in [6, 6.07) is 4.55. The van der Waals surface area contributed by atoms with Gasteiger partial charge in [-0.25, -0.2) is 4.39 Å². The first-order valence-electron chi connectivity index (χ1n) is 4.34. The Hall–Kier alpha value is -1.05. The van der Waals surface area contributed by atoms with Crippen LogP contribution < -0.4 is 4.74 Å². The second-order valence-corrected chi connectivity index (χ2v) is 4.12. The minimum Gasteiger partial charge on any atom is -0.488 e. The van der Waals surface area contributed by atoms with Crippen LogP contribution in [0, 0.1) is 12.7 Å². The Labute approximate surface area is 78.5 Å². The van der Waals surface area contributed by atoms with Crippen LogP contribution in [0.5, 0.6) is 5.75 Å². The highest BCUT2D eigenvalue weighted by Gasteiger charge is 2.13. The molecule has 0 amide bonds. The zero-order valence-electron chi connectivity index (χ0n) is 8.52. The Morgan fingerprint density at radius 3 is 2.31 bits per heavy atom. The Morgan fingerprint density at radius 2 is 1.85 bits per heavy atom. The highest BCUT2D eigenvalue weighted by atomic mass is 19.1. The van der Waals surface area contributed by atoms with Gasteiger partial charge in [0.15, 0.2) is 0 Å². The summed E-state index contributed by atoms with van der Waals surface area (Å²) in [5.74, 6) is 0.521. The molecule has 0 bridgehead atoms. The zero-order valence-corrected chi connectivity index (χ0v) is 8.52. The smallest absolute Gasteiger partial charge is 0.123 e. The van der Waals surface area contributed by atoms with Crippen LogP contribution in [-0.2, 0) is 0 Å². The van der Waals surface area contributed by atoms with Gasteiger partial charge in [0.1, 0.15) is 17.2 Å². The first-order valence-corrected chi connectivity index (χ1v) is 4.34. The topological polar surface area (TPSA) is 9.23 Å². The van der Waals surface area contributed by atoms with E-state index in [0.29, 0.717) is 0 Å². The quantitative estimate of drug-likeness (QED) is 0.647. The average molecular weight is 182 g/mol. The van der Waals surface area contributed by atoms with E-state index in [1.807, 2.05) is 27.7 Å². The minimum absolute atomic E-state index is 0.223. The highest BCUT2D eigenvalue weighted by molar-refractivity contribution is 5.32. The summed E-state index contributed by atoms with van der Waals surface area (Å²) in [6.07, 6.45) is 0. The Morgan fingerprint density at radius 1 is 1.23 bits per heavy atom. The van der Waals surface area contributed by atoms with Gasteiger partial charge in [-0.2, -0.15) is 0 Å². The zero-order chi connectivity index (χ0) is 10.1. The molecule has 0 saturated carbocycles. The van der Waals surface area contributed by atoms with Crippen LogP contribution in [0.2, 0.25) is 0 Å². The normalized spacial score (nSPS) is 11.5. The fraction of sp³-hybridized carbons (Fsp3) is 0.455. The molecule has 0 atom stereocenters. The van der Waals surface area contributed by atoms with E-state index in [-0.39, 0.29) is 11.4 Å². The summed E-state index contributed by atoms with van der Waals surface area (Å²) in [6.45, 7) is 7.74. The van der Waals surface area contributed by atoms with Crippen molar-refractivity contribution in [3.63, 3.8) is 0 Å². The Kier molecular flexibility index (Phi) is 2.60. The molecule has 1 aromatic rings. The molecule has 2 heteroatoms. The van der Waals surface area contributed by atoms with Crippen LogP contribution in [0.4, 0.5) is 4.39 Å². The van der Waals surface area contributed by atoms with Gasteiger partial charge >= 0.3 is 0 Å². The molecule has 0 fully saturated rings. The molecule has 72 valence electrons. The lowest BCUT2D eigenvalue weighted by Gasteiger charge is -2.22. The van der Waals surface area contributed by atoms with E-state index >= 15 is 0 Å². The van der Waals surface area contributed by atoms with Gasteiger partial charge in [-0.05, 0) is 51.5 Å².